The van der Waals surface area contributed by atoms with Crippen molar-refractivity contribution in [3.63, 3.8) is 0 Å². The van der Waals surface area contributed by atoms with Crippen molar-refractivity contribution in [3.8, 4) is 0 Å². The lowest BCUT2D eigenvalue weighted by Gasteiger charge is -2.14. The summed E-state index contributed by atoms with van der Waals surface area (Å²) in [7, 11) is 0.780. The van der Waals surface area contributed by atoms with Crippen LogP contribution >= 0.6 is 0 Å². The maximum absolute atomic E-state index is 11.2. The summed E-state index contributed by atoms with van der Waals surface area (Å²) in [4.78, 5) is 0. The van der Waals surface area contributed by atoms with Crippen molar-refractivity contribution in [3.05, 3.63) is 0 Å². The molecule has 0 aliphatic heterocycles. The molecule has 0 aliphatic rings. The van der Waals surface area contributed by atoms with Gasteiger partial charge in [-0.1, -0.05) is 13.3 Å². The van der Waals surface area contributed by atoms with E-state index in [0.29, 0.717) is 18.4 Å². The highest BCUT2D eigenvalue weighted by Gasteiger charge is 2.08. The predicted molar refractivity (Wildman–Crippen MR) is 62.9 cm³/mol. The molecule has 15 heavy (non-hydrogen) atoms. The zero-order valence-electron chi connectivity index (χ0n) is 9.95. The maximum Gasteiger partial charge on any atom is 0.150 e. The molecule has 1 atom stereocenters. The van der Waals surface area contributed by atoms with E-state index in [0.717, 1.165) is 19.3 Å². The third-order valence-electron chi connectivity index (χ3n) is 2.47. The highest BCUT2D eigenvalue weighted by molar-refractivity contribution is 7.91. The molecule has 0 aromatic rings. The van der Waals surface area contributed by atoms with Gasteiger partial charge in [-0.15, -0.1) is 0 Å². The Kier molecular flexibility index (Phi) is 8.00. The fraction of sp³-hybridized carbons (Fsp3) is 1.00. The molecule has 4 nitrogen and oxygen atoms in total. The minimum absolute atomic E-state index is 0.251. The summed E-state index contributed by atoms with van der Waals surface area (Å²) >= 11 is 0. The van der Waals surface area contributed by atoms with Crippen molar-refractivity contribution in [2.45, 2.75) is 32.2 Å². The number of unbranched alkanes of at least 4 members (excludes halogenated alkanes) is 1. The van der Waals surface area contributed by atoms with Gasteiger partial charge < -0.3 is 10.1 Å². The lowest BCUT2D eigenvalue weighted by molar-refractivity contribution is 0.165. The molecule has 0 spiro atoms. The lowest BCUT2D eigenvalue weighted by Crippen LogP contribution is -2.29. The van der Waals surface area contributed by atoms with Gasteiger partial charge in [-0.05, 0) is 19.9 Å². The van der Waals surface area contributed by atoms with Gasteiger partial charge >= 0.3 is 0 Å². The first-order valence-electron chi connectivity index (χ1n) is 5.42. The first kappa shape index (κ1) is 14.9. The summed E-state index contributed by atoms with van der Waals surface area (Å²) in [6.07, 6.45) is 2.63. The Bertz CT molecular complexity index is 239. The normalized spacial score (nSPS) is 14.1. The number of methoxy groups -OCH3 is 1. The topological polar surface area (TPSA) is 55.4 Å². The molecule has 0 aromatic heterocycles. The van der Waals surface area contributed by atoms with Gasteiger partial charge in [0.1, 0.15) is 9.84 Å². The molecule has 0 radical (unpaired) electrons. The standard InChI is InChI=1S/C10H23NO3S/c1-4-15(12,13)8-6-5-7-10(11-2)9-14-3/h10-11H,4-9H2,1-3H3. The molecule has 1 unspecified atom stereocenters. The van der Waals surface area contributed by atoms with Crippen molar-refractivity contribution < 1.29 is 13.2 Å². The van der Waals surface area contributed by atoms with Gasteiger partial charge in [0.15, 0.2) is 0 Å². The van der Waals surface area contributed by atoms with Crippen LogP contribution in [0.2, 0.25) is 0 Å². The second-order valence-corrected chi connectivity index (χ2v) is 6.15. The molecule has 0 rings (SSSR count). The van der Waals surface area contributed by atoms with Crippen molar-refractivity contribution in [1.82, 2.24) is 5.32 Å². The third-order valence-corrected chi connectivity index (χ3v) is 4.26. The second kappa shape index (κ2) is 8.07. The minimum atomic E-state index is -2.79. The first-order valence-corrected chi connectivity index (χ1v) is 7.24. The van der Waals surface area contributed by atoms with E-state index in [1.807, 2.05) is 7.05 Å². The van der Waals surface area contributed by atoms with Crippen molar-refractivity contribution in [2.75, 3.05) is 32.3 Å². The summed E-state index contributed by atoms with van der Waals surface area (Å²) in [6, 6.07) is 0.333. The third kappa shape index (κ3) is 7.76. The molecule has 0 aliphatic carbocycles. The van der Waals surface area contributed by atoms with Crippen LogP contribution in [0, 0.1) is 0 Å². The maximum atomic E-state index is 11.2. The van der Waals surface area contributed by atoms with Crippen LogP contribution in [0.5, 0.6) is 0 Å². The highest BCUT2D eigenvalue weighted by Crippen LogP contribution is 2.04. The largest absolute Gasteiger partial charge is 0.383 e. The minimum Gasteiger partial charge on any atom is -0.383 e. The molecule has 92 valence electrons. The Morgan fingerprint density at radius 2 is 2.00 bits per heavy atom. The average Bonchev–Trinajstić information content (AvgIpc) is 2.22. The average molecular weight is 237 g/mol. The quantitative estimate of drug-likeness (QED) is 0.603. The zero-order valence-corrected chi connectivity index (χ0v) is 10.8. The summed E-state index contributed by atoms with van der Waals surface area (Å²) in [5, 5.41) is 3.14. The molecule has 1 N–H and O–H groups in total. The Morgan fingerprint density at radius 3 is 2.47 bits per heavy atom. The molecular weight excluding hydrogens is 214 g/mol. The van der Waals surface area contributed by atoms with Gasteiger partial charge in [0.2, 0.25) is 0 Å². The Labute approximate surface area is 93.3 Å². The van der Waals surface area contributed by atoms with E-state index in [2.05, 4.69) is 5.32 Å². The van der Waals surface area contributed by atoms with Gasteiger partial charge in [-0.2, -0.15) is 0 Å². The fourth-order valence-electron chi connectivity index (χ4n) is 1.37. The molecule has 0 aromatic carbocycles. The molecule has 0 fully saturated rings. The van der Waals surface area contributed by atoms with E-state index >= 15 is 0 Å². The lowest BCUT2D eigenvalue weighted by atomic mass is 10.1. The molecule has 0 amide bonds. The van der Waals surface area contributed by atoms with E-state index in [1.54, 1.807) is 14.0 Å². The predicted octanol–water partition coefficient (Wildman–Crippen LogP) is 0.826. The van der Waals surface area contributed by atoms with Crippen LogP contribution in [0.4, 0.5) is 0 Å². The SMILES string of the molecule is CCS(=O)(=O)CCCCC(COC)NC. The molecule has 0 saturated carbocycles. The van der Waals surface area contributed by atoms with E-state index in [-0.39, 0.29) is 5.75 Å². The number of nitrogens with one attached hydrogen (secondary N) is 1. The fourth-order valence-corrected chi connectivity index (χ4v) is 2.30. The van der Waals surface area contributed by atoms with Gasteiger partial charge in [-0.3, -0.25) is 0 Å². The second-order valence-electron chi connectivity index (χ2n) is 3.67. The first-order chi connectivity index (χ1) is 7.05. The molecule has 0 saturated heterocycles. The van der Waals surface area contributed by atoms with E-state index in [1.165, 1.54) is 0 Å². The Hall–Kier alpha value is -0.130. The number of rotatable bonds is 9. The van der Waals surface area contributed by atoms with Gasteiger partial charge in [0.05, 0.1) is 12.4 Å². The van der Waals surface area contributed by atoms with Gasteiger partial charge in [0, 0.05) is 18.9 Å². The number of likely N-dealkylation sites (N-methyl/N-ethyl adjacent to an activating group) is 1. The molecule has 5 heteroatoms. The van der Waals surface area contributed by atoms with Crippen LogP contribution in [0.15, 0.2) is 0 Å². The smallest absolute Gasteiger partial charge is 0.150 e. The Balaban J connectivity index is 3.61. The summed E-state index contributed by atoms with van der Waals surface area (Å²) in [5.41, 5.74) is 0. The van der Waals surface area contributed by atoms with Crippen molar-refractivity contribution in [2.24, 2.45) is 0 Å². The number of sulfone groups is 1. The number of hydrogen-bond donors (Lipinski definition) is 1. The summed E-state index contributed by atoms with van der Waals surface area (Å²) < 4.78 is 27.4. The van der Waals surface area contributed by atoms with E-state index < -0.39 is 9.84 Å². The highest BCUT2D eigenvalue weighted by atomic mass is 32.2. The van der Waals surface area contributed by atoms with Crippen LogP contribution in [0.25, 0.3) is 0 Å². The van der Waals surface area contributed by atoms with Crippen molar-refractivity contribution >= 4 is 9.84 Å². The molecule has 0 heterocycles. The monoisotopic (exact) mass is 237 g/mol. The van der Waals surface area contributed by atoms with E-state index in [9.17, 15) is 8.42 Å². The molecular formula is C10H23NO3S. The van der Waals surface area contributed by atoms with Crippen molar-refractivity contribution in [1.29, 1.82) is 0 Å². The number of hydrogen-bond acceptors (Lipinski definition) is 4. The van der Waals surface area contributed by atoms with Crippen LogP contribution < -0.4 is 5.32 Å². The van der Waals surface area contributed by atoms with Crippen LogP contribution in [-0.2, 0) is 14.6 Å². The van der Waals surface area contributed by atoms with Crippen LogP contribution in [-0.4, -0.2) is 46.7 Å². The van der Waals surface area contributed by atoms with Gasteiger partial charge in [-0.25, -0.2) is 8.42 Å². The van der Waals surface area contributed by atoms with Crippen LogP contribution in [0.1, 0.15) is 26.2 Å². The molecule has 0 bridgehead atoms. The van der Waals surface area contributed by atoms with E-state index in [4.69, 9.17) is 4.74 Å². The van der Waals surface area contributed by atoms with Gasteiger partial charge in [0.25, 0.3) is 0 Å². The Morgan fingerprint density at radius 1 is 1.33 bits per heavy atom. The summed E-state index contributed by atoms with van der Waals surface area (Å²) in [6.45, 7) is 2.37. The zero-order chi connectivity index (χ0) is 11.7. The van der Waals surface area contributed by atoms with Crippen LogP contribution in [0.3, 0.4) is 0 Å². The summed E-state index contributed by atoms with van der Waals surface area (Å²) in [5.74, 6) is 0.563. The number of ether oxygens (including phenoxy) is 1.